The van der Waals surface area contributed by atoms with Crippen LogP contribution < -0.4 is 0 Å². The molecular weight excluding hydrogens is 162 g/mol. The molecule has 1 atom stereocenters. The predicted molar refractivity (Wildman–Crippen MR) is 54.2 cm³/mol. The van der Waals surface area contributed by atoms with Gasteiger partial charge in [-0.15, -0.1) is 0 Å². The fourth-order valence-corrected chi connectivity index (χ4v) is 1.33. The van der Waals surface area contributed by atoms with Gasteiger partial charge in [-0.25, -0.2) is 0 Å². The molecule has 0 aromatic carbocycles. The smallest absolute Gasteiger partial charge is 0.0825 e. The summed E-state index contributed by atoms with van der Waals surface area (Å²) < 4.78 is 0. The Hall–Kier alpha value is -0.550. The number of hydrogen-bond acceptors (Lipinski definition) is 2. The third-order valence-corrected chi connectivity index (χ3v) is 2.71. The highest BCUT2D eigenvalue weighted by Gasteiger charge is 2.38. The van der Waals surface area contributed by atoms with Gasteiger partial charge >= 0.3 is 0 Å². The van der Waals surface area contributed by atoms with Crippen LogP contribution in [-0.2, 0) is 0 Å². The molecule has 0 bridgehead atoms. The van der Waals surface area contributed by atoms with E-state index in [9.17, 15) is 5.11 Å². The molecule has 0 radical (unpaired) electrons. The molecule has 0 heterocycles. The molecule has 0 aliphatic carbocycles. The van der Waals surface area contributed by atoms with Crippen molar-refractivity contribution < 1.29 is 5.11 Å². The van der Waals surface area contributed by atoms with E-state index in [-0.39, 0.29) is 11.8 Å². The maximum absolute atomic E-state index is 10.3. The van der Waals surface area contributed by atoms with E-state index in [0.29, 0.717) is 0 Å². The molecule has 2 heteroatoms. The van der Waals surface area contributed by atoms with Crippen molar-refractivity contribution in [1.29, 1.82) is 5.26 Å². The first-order chi connectivity index (χ1) is 5.87. The van der Waals surface area contributed by atoms with Crippen molar-refractivity contribution in [3.8, 4) is 6.07 Å². The van der Waals surface area contributed by atoms with Crippen molar-refractivity contribution in [3.05, 3.63) is 0 Å². The average molecular weight is 183 g/mol. The summed E-state index contributed by atoms with van der Waals surface area (Å²) >= 11 is 0. The number of hydrogen-bond donors (Lipinski definition) is 1. The number of rotatable bonds is 4. The first-order valence-electron chi connectivity index (χ1n) is 4.96. The van der Waals surface area contributed by atoms with Crippen molar-refractivity contribution in [2.24, 2.45) is 5.41 Å². The molecule has 0 rings (SSSR count). The largest absolute Gasteiger partial charge is 0.388 e. The molecule has 0 aromatic heterocycles. The summed E-state index contributed by atoms with van der Waals surface area (Å²) in [6.45, 7) is 8.05. The minimum atomic E-state index is -0.822. The van der Waals surface area contributed by atoms with Crippen molar-refractivity contribution in [1.82, 2.24) is 0 Å². The summed E-state index contributed by atoms with van der Waals surface area (Å²) in [5.74, 6) is 0. The van der Waals surface area contributed by atoms with Crippen LogP contribution in [0.4, 0.5) is 0 Å². The zero-order valence-electron chi connectivity index (χ0n) is 9.22. The van der Waals surface area contributed by atoms with Gasteiger partial charge < -0.3 is 5.11 Å². The first-order valence-corrected chi connectivity index (χ1v) is 4.96. The maximum Gasteiger partial charge on any atom is 0.0825 e. The van der Waals surface area contributed by atoms with Crippen LogP contribution in [0, 0.1) is 16.7 Å². The van der Waals surface area contributed by atoms with E-state index in [2.05, 4.69) is 13.0 Å². The standard InChI is InChI=1S/C11H21NO/c1-5-6-7-11(13,8-9-12)10(2,3)4/h13H,5-8H2,1-4H3. The molecule has 2 nitrogen and oxygen atoms in total. The Bertz CT molecular complexity index is 187. The summed E-state index contributed by atoms with van der Waals surface area (Å²) in [6.07, 6.45) is 3.00. The van der Waals surface area contributed by atoms with Crippen LogP contribution in [-0.4, -0.2) is 10.7 Å². The van der Waals surface area contributed by atoms with Crippen LogP contribution in [0.3, 0.4) is 0 Å². The highest BCUT2D eigenvalue weighted by molar-refractivity contribution is 4.96. The second-order valence-corrected chi connectivity index (χ2v) is 4.72. The van der Waals surface area contributed by atoms with Crippen molar-refractivity contribution in [2.75, 3.05) is 0 Å². The van der Waals surface area contributed by atoms with Crippen LogP contribution >= 0.6 is 0 Å². The van der Waals surface area contributed by atoms with E-state index in [1.807, 2.05) is 20.8 Å². The lowest BCUT2D eigenvalue weighted by atomic mass is 9.72. The second kappa shape index (κ2) is 4.62. The summed E-state index contributed by atoms with van der Waals surface area (Å²) in [6, 6.07) is 2.07. The normalized spacial score (nSPS) is 16.3. The van der Waals surface area contributed by atoms with E-state index in [4.69, 9.17) is 5.26 Å². The van der Waals surface area contributed by atoms with Gasteiger partial charge in [-0.1, -0.05) is 40.5 Å². The van der Waals surface area contributed by atoms with Gasteiger partial charge in [0.25, 0.3) is 0 Å². The van der Waals surface area contributed by atoms with Gasteiger partial charge in [-0.05, 0) is 11.8 Å². The lowest BCUT2D eigenvalue weighted by Gasteiger charge is -2.38. The molecule has 0 aliphatic rings. The molecule has 0 aromatic rings. The lowest BCUT2D eigenvalue weighted by molar-refractivity contribution is -0.0619. The Morgan fingerprint density at radius 1 is 1.31 bits per heavy atom. The quantitative estimate of drug-likeness (QED) is 0.728. The first kappa shape index (κ1) is 12.4. The Labute approximate surface area is 81.6 Å². The molecular formula is C11H21NO. The fourth-order valence-electron chi connectivity index (χ4n) is 1.33. The van der Waals surface area contributed by atoms with Crippen LogP contribution in [0.2, 0.25) is 0 Å². The lowest BCUT2D eigenvalue weighted by Crippen LogP contribution is -2.42. The number of nitrogens with zero attached hydrogens (tertiary/aromatic N) is 1. The Morgan fingerprint density at radius 2 is 1.85 bits per heavy atom. The SMILES string of the molecule is CCCCC(O)(CC#N)C(C)(C)C. The second-order valence-electron chi connectivity index (χ2n) is 4.72. The summed E-state index contributed by atoms with van der Waals surface area (Å²) in [5.41, 5.74) is -1.03. The summed E-state index contributed by atoms with van der Waals surface area (Å²) in [5, 5.41) is 18.9. The van der Waals surface area contributed by atoms with E-state index in [0.717, 1.165) is 19.3 Å². The van der Waals surface area contributed by atoms with Crippen molar-refractivity contribution >= 4 is 0 Å². The van der Waals surface area contributed by atoms with E-state index in [1.54, 1.807) is 0 Å². The zero-order chi connectivity index (χ0) is 10.5. The Balaban J connectivity index is 4.45. The zero-order valence-corrected chi connectivity index (χ0v) is 9.22. The topological polar surface area (TPSA) is 44.0 Å². The van der Waals surface area contributed by atoms with Crippen LogP contribution in [0.1, 0.15) is 53.4 Å². The molecule has 76 valence electrons. The number of unbranched alkanes of at least 4 members (excludes halogenated alkanes) is 1. The maximum atomic E-state index is 10.3. The van der Waals surface area contributed by atoms with Gasteiger partial charge in [-0.3, -0.25) is 0 Å². The highest BCUT2D eigenvalue weighted by atomic mass is 16.3. The van der Waals surface area contributed by atoms with Gasteiger partial charge in [0.15, 0.2) is 0 Å². The Kier molecular flexibility index (Phi) is 4.43. The minimum Gasteiger partial charge on any atom is -0.388 e. The number of aliphatic hydroxyl groups is 1. The third-order valence-electron chi connectivity index (χ3n) is 2.71. The van der Waals surface area contributed by atoms with Gasteiger partial charge in [0.1, 0.15) is 0 Å². The molecule has 0 amide bonds. The fraction of sp³-hybridized carbons (Fsp3) is 0.909. The highest BCUT2D eigenvalue weighted by Crippen LogP contribution is 2.36. The predicted octanol–water partition coefficient (Wildman–Crippen LogP) is 2.87. The molecule has 0 saturated carbocycles. The summed E-state index contributed by atoms with van der Waals surface area (Å²) in [7, 11) is 0. The van der Waals surface area contributed by atoms with Gasteiger partial charge in [-0.2, -0.15) is 5.26 Å². The van der Waals surface area contributed by atoms with Gasteiger partial charge in [0.05, 0.1) is 18.1 Å². The monoisotopic (exact) mass is 183 g/mol. The molecule has 13 heavy (non-hydrogen) atoms. The minimum absolute atomic E-state index is 0.210. The van der Waals surface area contributed by atoms with Crippen LogP contribution in [0.5, 0.6) is 0 Å². The van der Waals surface area contributed by atoms with Gasteiger partial charge in [0, 0.05) is 0 Å². The third kappa shape index (κ3) is 3.36. The molecule has 0 fully saturated rings. The molecule has 1 unspecified atom stereocenters. The van der Waals surface area contributed by atoms with E-state index < -0.39 is 5.60 Å². The molecule has 0 aliphatic heterocycles. The molecule has 0 saturated heterocycles. The van der Waals surface area contributed by atoms with Crippen LogP contribution in [0.25, 0.3) is 0 Å². The van der Waals surface area contributed by atoms with E-state index >= 15 is 0 Å². The van der Waals surface area contributed by atoms with Crippen molar-refractivity contribution in [2.45, 2.75) is 59.0 Å². The molecule has 0 spiro atoms. The van der Waals surface area contributed by atoms with E-state index in [1.165, 1.54) is 0 Å². The summed E-state index contributed by atoms with van der Waals surface area (Å²) in [4.78, 5) is 0. The number of nitriles is 1. The Morgan fingerprint density at radius 3 is 2.15 bits per heavy atom. The van der Waals surface area contributed by atoms with Gasteiger partial charge in [0.2, 0.25) is 0 Å². The molecule has 1 N–H and O–H groups in total. The van der Waals surface area contributed by atoms with Crippen LogP contribution in [0.15, 0.2) is 0 Å². The van der Waals surface area contributed by atoms with Crippen molar-refractivity contribution in [3.63, 3.8) is 0 Å². The average Bonchev–Trinajstić information content (AvgIpc) is 1.99.